The third-order valence-electron chi connectivity index (χ3n) is 18.5. The number of ketones is 2. The van der Waals surface area contributed by atoms with Gasteiger partial charge in [-0.15, -0.1) is 0 Å². The van der Waals surface area contributed by atoms with Crippen molar-refractivity contribution in [1.82, 2.24) is 0 Å². The zero-order valence-electron chi connectivity index (χ0n) is 30.9. The summed E-state index contributed by atoms with van der Waals surface area (Å²) in [4.78, 5) is 24.4. The van der Waals surface area contributed by atoms with Crippen molar-refractivity contribution in [2.75, 3.05) is 0 Å². The first-order chi connectivity index (χ1) is 21.7. The van der Waals surface area contributed by atoms with Gasteiger partial charge in [-0.25, -0.2) is 0 Å². The zero-order valence-corrected chi connectivity index (χ0v) is 30.9. The Balaban J connectivity index is 0.000000180. The fourth-order valence-corrected chi connectivity index (χ4v) is 16.0. The Kier molecular flexibility index (Phi) is 11.0. The molecule has 0 aromatic rings. The third-order valence-corrected chi connectivity index (χ3v) is 18.5. The minimum atomic E-state index is -0.0490. The van der Waals surface area contributed by atoms with Gasteiger partial charge in [-0.05, 0) is 198 Å². The van der Waals surface area contributed by atoms with Crippen molar-refractivity contribution >= 4 is 11.6 Å². The highest BCUT2D eigenvalue weighted by Crippen LogP contribution is 2.69. The summed E-state index contributed by atoms with van der Waals surface area (Å²) in [5, 5.41) is 10.1. The van der Waals surface area contributed by atoms with Crippen LogP contribution in [0, 0.1) is 86.8 Å². The maximum absolute atomic E-state index is 12.2. The van der Waals surface area contributed by atoms with E-state index >= 15 is 0 Å². The molecular formula is C45H78O3. The van der Waals surface area contributed by atoms with Crippen molar-refractivity contribution in [3.63, 3.8) is 0 Å². The van der Waals surface area contributed by atoms with Crippen LogP contribution in [0.25, 0.3) is 0 Å². The van der Waals surface area contributed by atoms with Crippen LogP contribution in [0.1, 0.15) is 179 Å². The highest BCUT2D eigenvalue weighted by Gasteiger charge is 2.62. The normalized spacial score (nSPS) is 53.3. The summed E-state index contributed by atoms with van der Waals surface area (Å²) in [5.41, 5.74) is 1.69. The predicted molar refractivity (Wildman–Crippen MR) is 200 cm³/mol. The lowest BCUT2D eigenvalue weighted by Crippen LogP contribution is -2.54. The summed E-state index contributed by atoms with van der Waals surface area (Å²) >= 11 is 0. The number of aliphatic hydroxyl groups excluding tert-OH is 1. The van der Waals surface area contributed by atoms with Gasteiger partial charge in [0.1, 0.15) is 11.6 Å². The Bertz CT molecular complexity index is 1090. The number of hydrogen-bond donors (Lipinski definition) is 1. The first-order valence-corrected chi connectivity index (χ1v) is 20.4. The molecule has 48 heavy (non-hydrogen) atoms. The number of rotatable bonds is 2. The summed E-state index contributed by atoms with van der Waals surface area (Å²) < 4.78 is 0. The second kappa shape index (κ2) is 13.7. The quantitative estimate of drug-likeness (QED) is 0.319. The Hall–Kier alpha value is -0.700. The van der Waals surface area contributed by atoms with Crippen molar-refractivity contribution in [3.8, 4) is 0 Å². The van der Waals surface area contributed by atoms with Crippen molar-refractivity contribution in [3.05, 3.63) is 0 Å². The molecule has 8 saturated carbocycles. The van der Waals surface area contributed by atoms with E-state index < -0.39 is 0 Å². The van der Waals surface area contributed by atoms with Gasteiger partial charge < -0.3 is 5.11 Å². The third kappa shape index (κ3) is 5.85. The Morgan fingerprint density at radius 2 is 0.896 bits per heavy atom. The van der Waals surface area contributed by atoms with E-state index in [9.17, 15) is 14.7 Å². The molecule has 16 atom stereocenters. The monoisotopic (exact) mass is 667 g/mol. The molecule has 0 unspecified atom stereocenters. The number of carbonyl (C=O) groups is 2. The van der Waals surface area contributed by atoms with E-state index in [4.69, 9.17) is 0 Å². The predicted octanol–water partition coefficient (Wildman–Crippen LogP) is 11.7. The Labute approximate surface area is 297 Å². The largest absolute Gasteiger partial charge is 0.393 e. The van der Waals surface area contributed by atoms with Gasteiger partial charge in [0.2, 0.25) is 0 Å². The van der Waals surface area contributed by atoms with E-state index in [1.807, 2.05) is 13.8 Å². The maximum atomic E-state index is 12.2. The molecule has 3 nitrogen and oxygen atoms in total. The SMILES string of the molecule is C.C.CC(=O)[C@H]1CC[C@H]2[C@@H]3CC[C@H]4C[C@@H](C)CC[C@]4(C)[C@H]3CC[C@]12C.CC(=O)[C@H]1CC[C@H]2[C@@H]3CC[C@H]4C[C@@H](O)CC[C@]4(C)[C@H]3CC[C@]12C. The number of Topliss-reactive ketones (excluding diaryl/α,β-unsaturated/α-hetero) is 2. The van der Waals surface area contributed by atoms with E-state index in [0.717, 1.165) is 72.5 Å². The van der Waals surface area contributed by atoms with Crippen LogP contribution in [0.15, 0.2) is 0 Å². The molecule has 8 aliphatic carbocycles. The summed E-state index contributed by atoms with van der Waals surface area (Å²) in [6.45, 7) is 16.3. The number of fused-ring (bicyclic) bond motifs is 10. The molecular weight excluding hydrogens is 588 g/mol. The maximum Gasteiger partial charge on any atom is 0.133 e. The average Bonchev–Trinajstić information content (AvgIpc) is 3.55. The highest BCUT2D eigenvalue weighted by molar-refractivity contribution is 5.80. The van der Waals surface area contributed by atoms with Crippen molar-refractivity contribution < 1.29 is 14.7 Å². The molecule has 0 aliphatic heterocycles. The van der Waals surface area contributed by atoms with Crippen LogP contribution in [0.3, 0.4) is 0 Å². The number of carbonyl (C=O) groups excluding carboxylic acids is 2. The van der Waals surface area contributed by atoms with Gasteiger partial charge in [0.25, 0.3) is 0 Å². The summed E-state index contributed by atoms with van der Waals surface area (Å²) in [6, 6.07) is 0. The molecule has 3 heteroatoms. The molecule has 0 heterocycles. The van der Waals surface area contributed by atoms with Crippen LogP contribution in [0.2, 0.25) is 0 Å². The van der Waals surface area contributed by atoms with Gasteiger partial charge in [-0.3, -0.25) is 9.59 Å². The smallest absolute Gasteiger partial charge is 0.133 e. The van der Waals surface area contributed by atoms with Crippen LogP contribution in [-0.4, -0.2) is 22.8 Å². The second-order valence-electron chi connectivity index (χ2n) is 20.2. The summed E-state index contributed by atoms with van der Waals surface area (Å²) in [5.74, 6) is 9.46. The van der Waals surface area contributed by atoms with Crippen LogP contribution in [0.4, 0.5) is 0 Å². The molecule has 8 rings (SSSR count). The molecule has 8 aliphatic rings. The van der Waals surface area contributed by atoms with Gasteiger partial charge in [0.05, 0.1) is 6.10 Å². The highest BCUT2D eigenvalue weighted by atomic mass is 16.3. The van der Waals surface area contributed by atoms with Gasteiger partial charge in [-0.2, -0.15) is 0 Å². The van der Waals surface area contributed by atoms with E-state index in [1.165, 1.54) is 96.3 Å². The summed E-state index contributed by atoms with van der Waals surface area (Å²) in [6.07, 6.45) is 23.5. The van der Waals surface area contributed by atoms with Crippen LogP contribution in [0.5, 0.6) is 0 Å². The second-order valence-corrected chi connectivity index (χ2v) is 20.2. The van der Waals surface area contributed by atoms with Crippen LogP contribution < -0.4 is 0 Å². The molecule has 1 N–H and O–H groups in total. The molecule has 0 spiro atoms. The zero-order chi connectivity index (χ0) is 32.8. The molecule has 0 saturated heterocycles. The number of hydrogen-bond acceptors (Lipinski definition) is 3. The molecule has 0 aromatic heterocycles. The molecule has 276 valence electrons. The lowest BCUT2D eigenvalue weighted by Gasteiger charge is -2.61. The van der Waals surface area contributed by atoms with Gasteiger partial charge in [0.15, 0.2) is 0 Å². The van der Waals surface area contributed by atoms with E-state index in [2.05, 4.69) is 34.6 Å². The topological polar surface area (TPSA) is 54.4 Å². The van der Waals surface area contributed by atoms with Crippen molar-refractivity contribution in [2.24, 2.45) is 86.8 Å². The fraction of sp³-hybridized carbons (Fsp3) is 0.956. The van der Waals surface area contributed by atoms with Gasteiger partial charge >= 0.3 is 0 Å². The molecule has 0 radical (unpaired) electrons. The van der Waals surface area contributed by atoms with Crippen LogP contribution in [-0.2, 0) is 9.59 Å². The van der Waals surface area contributed by atoms with Gasteiger partial charge in [-0.1, -0.05) is 55.9 Å². The molecule has 0 amide bonds. The van der Waals surface area contributed by atoms with Crippen LogP contribution >= 0.6 is 0 Å². The van der Waals surface area contributed by atoms with Gasteiger partial charge in [0, 0.05) is 11.8 Å². The lowest BCUT2D eigenvalue weighted by atomic mass is 9.44. The first kappa shape index (κ1) is 38.5. The Morgan fingerprint density at radius 3 is 1.35 bits per heavy atom. The Morgan fingerprint density at radius 1 is 0.500 bits per heavy atom. The van der Waals surface area contributed by atoms with Crippen molar-refractivity contribution in [1.29, 1.82) is 0 Å². The fourth-order valence-electron chi connectivity index (χ4n) is 16.0. The van der Waals surface area contributed by atoms with E-state index in [0.29, 0.717) is 39.6 Å². The van der Waals surface area contributed by atoms with E-state index in [-0.39, 0.29) is 26.4 Å². The molecule has 0 aromatic carbocycles. The molecule has 0 bridgehead atoms. The van der Waals surface area contributed by atoms with Crippen molar-refractivity contribution in [2.45, 2.75) is 185 Å². The lowest BCUT2D eigenvalue weighted by molar-refractivity contribution is -0.138. The summed E-state index contributed by atoms with van der Waals surface area (Å²) in [7, 11) is 0. The minimum absolute atomic E-state index is 0. The molecule has 8 fully saturated rings. The van der Waals surface area contributed by atoms with E-state index in [1.54, 1.807) is 0 Å². The standard InChI is InChI=1S/C22H36O.C21H34O2.2CH4/c1-14-9-11-21(3)16(13-14)5-6-17-19-8-7-18(15(2)23)22(19,4)12-10-20(17)21;1-13(22)17-6-7-18-16-5-4-14-12-15(23)8-10-20(14,2)19(16)9-11-21(17,18)3;;/h14,16-20H,5-13H2,1-4H3;14-19,23H,4-12H2,1-3H3;2*1H4/t14-,16-,17-,18+,19-,20-,21-,22+;14-,15-,16-,17+,18-,19-,20-,21+;;/m00../s1. The average molecular weight is 667 g/mol. The minimum Gasteiger partial charge on any atom is -0.393 e. The number of aliphatic hydroxyl groups is 1. The first-order valence-electron chi connectivity index (χ1n) is 20.4.